The zero-order chi connectivity index (χ0) is 12.2. The van der Waals surface area contributed by atoms with Crippen molar-refractivity contribution in [1.29, 1.82) is 0 Å². The van der Waals surface area contributed by atoms with E-state index in [1.165, 1.54) is 0 Å². The van der Waals surface area contributed by atoms with Gasteiger partial charge in [-0.2, -0.15) is 0 Å². The number of rotatable bonds is 8. The van der Waals surface area contributed by atoms with Crippen molar-refractivity contribution in [1.82, 2.24) is 4.90 Å². The highest BCUT2D eigenvalue weighted by Gasteiger charge is 2.05. The molecule has 92 valence electrons. The summed E-state index contributed by atoms with van der Waals surface area (Å²) in [6.45, 7) is 7.62. The Kier molecular flexibility index (Phi) is 9.78. The number of carbonyl (C=O) groups excluding carboxylic acids is 1. The Morgan fingerprint density at radius 1 is 1.00 bits per heavy atom. The van der Waals surface area contributed by atoms with Crippen LogP contribution in [-0.4, -0.2) is 23.9 Å². The molecule has 2 heteroatoms. The van der Waals surface area contributed by atoms with Gasteiger partial charge in [-0.3, -0.25) is 4.79 Å². The molecule has 0 fully saturated rings. The fourth-order valence-corrected chi connectivity index (χ4v) is 1.43. The van der Waals surface area contributed by atoms with Gasteiger partial charge in [0, 0.05) is 19.5 Å². The number of unbranched alkanes of at least 4 members (excludes halogenated alkanes) is 1. The quantitative estimate of drug-likeness (QED) is 0.455. The number of hydrogen-bond acceptors (Lipinski definition) is 1. The second kappa shape index (κ2) is 10.5. The third-order valence-electron chi connectivity index (χ3n) is 2.43. The van der Waals surface area contributed by atoms with Crippen LogP contribution in [0.5, 0.6) is 0 Å². The van der Waals surface area contributed by atoms with Crippen LogP contribution >= 0.6 is 0 Å². The summed E-state index contributed by atoms with van der Waals surface area (Å²) in [4.78, 5) is 13.3. The van der Waals surface area contributed by atoms with Gasteiger partial charge in [0.2, 0.25) is 5.91 Å². The predicted molar refractivity (Wildman–Crippen MR) is 70.4 cm³/mol. The maximum atomic E-state index is 11.4. The van der Waals surface area contributed by atoms with E-state index in [4.69, 9.17) is 0 Å². The van der Waals surface area contributed by atoms with Crippen molar-refractivity contribution in [3.05, 3.63) is 24.3 Å². The van der Waals surface area contributed by atoms with E-state index in [9.17, 15) is 4.79 Å². The lowest BCUT2D eigenvalue weighted by atomic mass is 10.2. The van der Waals surface area contributed by atoms with E-state index in [0.29, 0.717) is 6.42 Å². The smallest absolute Gasteiger partial charge is 0.222 e. The largest absolute Gasteiger partial charge is 0.339 e. The lowest BCUT2D eigenvalue weighted by molar-refractivity contribution is -0.130. The molecule has 0 aliphatic carbocycles. The second-order valence-corrected chi connectivity index (χ2v) is 3.71. The van der Waals surface area contributed by atoms with Crippen LogP contribution in [0.25, 0.3) is 0 Å². The number of hydrogen-bond donors (Lipinski definition) is 0. The number of carbonyl (C=O) groups is 1. The van der Waals surface area contributed by atoms with Crippen molar-refractivity contribution in [3.8, 4) is 0 Å². The lowest BCUT2D eigenvalue weighted by Gasteiger charge is -2.17. The molecule has 0 aromatic heterocycles. The number of allylic oxidation sites excluding steroid dienone is 3. The number of nitrogens with zero attached hydrogens (tertiary/aromatic N) is 1. The minimum atomic E-state index is 0.234. The average molecular weight is 223 g/mol. The first-order valence-corrected chi connectivity index (χ1v) is 6.33. The molecule has 0 aliphatic rings. The SMILES string of the molecule is CC/C=C\CC/C=C/CN(CC)C(=O)CC. The number of amides is 1. The van der Waals surface area contributed by atoms with Crippen LogP contribution in [0, 0.1) is 0 Å². The van der Waals surface area contributed by atoms with Crippen LogP contribution < -0.4 is 0 Å². The third-order valence-corrected chi connectivity index (χ3v) is 2.43. The molecule has 0 spiro atoms. The van der Waals surface area contributed by atoms with Crippen LogP contribution in [0.15, 0.2) is 24.3 Å². The fraction of sp³-hybridized carbons (Fsp3) is 0.643. The van der Waals surface area contributed by atoms with Gasteiger partial charge in [-0.05, 0) is 26.2 Å². The van der Waals surface area contributed by atoms with Gasteiger partial charge < -0.3 is 4.90 Å². The maximum absolute atomic E-state index is 11.4. The molecular formula is C14H25NO. The number of likely N-dealkylation sites (N-methyl/N-ethyl adjacent to an activating group) is 1. The molecule has 0 bridgehead atoms. The molecule has 0 heterocycles. The molecule has 2 nitrogen and oxygen atoms in total. The predicted octanol–water partition coefficient (Wildman–Crippen LogP) is 3.55. The molecule has 0 aliphatic heterocycles. The van der Waals surface area contributed by atoms with Crippen molar-refractivity contribution >= 4 is 5.91 Å². The molecule has 0 saturated heterocycles. The third kappa shape index (κ3) is 7.27. The molecule has 16 heavy (non-hydrogen) atoms. The zero-order valence-corrected chi connectivity index (χ0v) is 10.9. The molecule has 1 amide bonds. The summed E-state index contributed by atoms with van der Waals surface area (Å²) < 4.78 is 0. The van der Waals surface area contributed by atoms with E-state index in [1.54, 1.807) is 0 Å². The molecule has 0 aromatic carbocycles. The van der Waals surface area contributed by atoms with Gasteiger partial charge in [0.25, 0.3) is 0 Å². The average Bonchev–Trinajstić information content (AvgIpc) is 2.32. The summed E-state index contributed by atoms with van der Waals surface area (Å²) in [6, 6.07) is 0. The molecule has 0 rings (SSSR count). The van der Waals surface area contributed by atoms with E-state index < -0.39 is 0 Å². The van der Waals surface area contributed by atoms with Crippen LogP contribution in [0.1, 0.15) is 46.5 Å². The Morgan fingerprint density at radius 3 is 2.12 bits per heavy atom. The molecule has 0 N–H and O–H groups in total. The topological polar surface area (TPSA) is 20.3 Å². The zero-order valence-electron chi connectivity index (χ0n) is 10.9. The maximum Gasteiger partial charge on any atom is 0.222 e. The van der Waals surface area contributed by atoms with Crippen molar-refractivity contribution in [2.24, 2.45) is 0 Å². The van der Waals surface area contributed by atoms with E-state index in [-0.39, 0.29) is 5.91 Å². The highest BCUT2D eigenvalue weighted by molar-refractivity contribution is 5.75. The highest BCUT2D eigenvalue weighted by Crippen LogP contribution is 1.97. The monoisotopic (exact) mass is 223 g/mol. The Bertz CT molecular complexity index is 231. The fourth-order valence-electron chi connectivity index (χ4n) is 1.43. The Labute approximate surface area is 100 Å². The molecule has 0 aromatic rings. The lowest BCUT2D eigenvalue weighted by Crippen LogP contribution is -2.30. The minimum absolute atomic E-state index is 0.234. The van der Waals surface area contributed by atoms with Gasteiger partial charge in [0.05, 0.1) is 0 Å². The Balaban J connectivity index is 3.71. The summed E-state index contributed by atoms with van der Waals surface area (Å²) in [6.07, 6.45) is 12.5. The van der Waals surface area contributed by atoms with Crippen molar-refractivity contribution in [2.45, 2.75) is 46.5 Å². The van der Waals surface area contributed by atoms with E-state index in [1.807, 2.05) is 18.7 Å². The first-order chi connectivity index (χ1) is 7.76. The second-order valence-electron chi connectivity index (χ2n) is 3.71. The van der Waals surface area contributed by atoms with E-state index >= 15 is 0 Å². The van der Waals surface area contributed by atoms with Gasteiger partial charge in [-0.25, -0.2) is 0 Å². The van der Waals surface area contributed by atoms with Gasteiger partial charge in [0.15, 0.2) is 0 Å². The molecule has 0 unspecified atom stereocenters. The Morgan fingerprint density at radius 2 is 1.62 bits per heavy atom. The summed E-state index contributed by atoms with van der Waals surface area (Å²) in [5, 5.41) is 0. The van der Waals surface area contributed by atoms with Crippen LogP contribution in [0.3, 0.4) is 0 Å². The van der Waals surface area contributed by atoms with Crippen molar-refractivity contribution < 1.29 is 4.79 Å². The highest BCUT2D eigenvalue weighted by atomic mass is 16.2. The normalized spacial score (nSPS) is 11.4. The van der Waals surface area contributed by atoms with Crippen LogP contribution in [-0.2, 0) is 4.79 Å². The summed E-state index contributed by atoms with van der Waals surface area (Å²) >= 11 is 0. The summed E-state index contributed by atoms with van der Waals surface area (Å²) in [5.74, 6) is 0.234. The molecule has 0 saturated carbocycles. The van der Waals surface area contributed by atoms with Gasteiger partial charge >= 0.3 is 0 Å². The molecular weight excluding hydrogens is 198 g/mol. The van der Waals surface area contributed by atoms with Crippen molar-refractivity contribution in [3.63, 3.8) is 0 Å². The first-order valence-electron chi connectivity index (χ1n) is 6.33. The van der Waals surface area contributed by atoms with Crippen LogP contribution in [0.2, 0.25) is 0 Å². The molecule has 0 atom stereocenters. The first kappa shape index (κ1) is 14.9. The summed E-state index contributed by atoms with van der Waals surface area (Å²) in [7, 11) is 0. The van der Waals surface area contributed by atoms with Crippen LogP contribution in [0.4, 0.5) is 0 Å². The van der Waals surface area contributed by atoms with Crippen molar-refractivity contribution in [2.75, 3.05) is 13.1 Å². The standard InChI is InChI=1S/C14H25NO/c1-4-7-8-9-10-11-12-13-15(6-3)14(16)5-2/h7-8,11-12H,4-6,9-10,13H2,1-3H3/b8-7-,12-11+. The minimum Gasteiger partial charge on any atom is -0.339 e. The summed E-state index contributed by atoms with van der Waals surface area (Å²) in [5.41, 5.74) is 0. The van der Waals surface area contributed by atoms with Gasteiger partial charge in [-0.1, -0.05) is 38.2 Å². The Hall–Kier alpha value is -1.05. The van der Waals surface area contributed by atoms with Gasteiger partial charge in [-0.15, -0.1) is 0 Å². The van der Waals surface area contributed by atoms with E-state index in [0.717, 1.165) is 32.4 Å². The molecule has 0 radical (unpaired) electrons. The van der Waals surface area contributed by atoms with E-state index in [2.05, 4.69) is 31.2 Å². The van der Waals surface area contributed by atoms with Gasteiger partial charge in [0.1, 0.15) is 0 Å².